The smallest absolute Gasteiger partial charge is 0.250 e. The average Bonchev–Trinajstić information content (AvgIpc) is 3.05. The summed E-state index contributed by atoms with van der Waals surface area (Å²) in [6.07, 6.45) is 1.61. The van der Waals surface area contributed by atoms with Gasteiger partial charge in [0.05, 0.1) is 28.8 Å². The van der Waals surface area contributed by atoms with Gasteiger partial charge in [0.2, 0.25) is 0 Å². The number of hydrogen-bond donors (Lipinski definition) is 1. The average molecular weight is 371 g/mol. The molecule has 1 amide bonds. The zero-order valence-electron chi connectivity index (χ0n) is 13.6. The van der Waals surface area contributed by atoms with Crippen molar-refractivity contribution < 1.29 is 9.53 Å². The molecule has 128 valence electrons. The number of rotatable bonds is 7. The fourth-order valence-electron chi connectivity index (χ4n) is 2.07. The highest BCUT2D eigenvalue weighted by Gasteiger charge is 2.06. The quantitative estimate of drug-likeness (QED) is 0.388. The number of benzene rings is 2. The van der Waals surface area contributed by atoms with E-state index < -0.39 is 0 Å². The molecule has 3 rings (SSSR count). The summed E-state index contributed by atoms with van der Waals surface area (Å²) >= 11 is 3.00. The van der Waals surface area contributed by atoms with Crippen LogP contribution in [-0.2, 0) is 4.79 Å². The van der Waals surface area contributed by atoms with E-state index in [9.17, 15) is 4.79 Å². The Morgan fingerprint density at radius 2 is 2.08 bits per heavy atom. The third-order valence-corrected chi connectivity index (χ3v) is 5.37. The van der Waals surface area contributed by atoms with Gasteiger partial charge >= 0.3 is 0 Å². The molecule has 25 heavy (non-hydrogen) atoms. The number of para-hydroxylation sites is 1. The Bertz CT molecular complexity index is 842. The van der Waals surface area contributed by atoms with Crippen molar-refractivity contribution in [2.75, 3.05) is 12.4 Å². The lowest BCUT2D eigenvalue weighted by Crippen LogP contribution is -2.19. The summed E-state index contributed by atoms with van der Waals surface area (Å²) in [5, 5.41) is 3.98. The van der Waals surface area contributed by atoms with Crippen LogP contribution in [0.25, 0.3) is 10.2 Å². The molecular weight excluding hydrogens is 354 g/mol. The lowest BCUT2D eigenvalue weighted by molar-refractivity contribution is -0.118. The first-order valence-electron chi connectivity index (χ1n) is 7.78. The van der Waals surface area contributed by atoms with Crippen LogP contribution in [0.5, 0.6) is 5.75 Å². The van der Waals surface area contributed by atoms with Gasteiger partial charge < -0.3 is 4.74 Å². The number of nitrogens with one attached hydrogen (secondary N) is 1. The molecule has 0 saturated heterocycles. The Kier molecular flexibility index (Phi) is 6.03. The zero-order chi connectivity index (χ0) is 17.5. The number of carbonyl (C=O) groups excluding carboxylic acids is 1. The number of ether oxygens (including phenoxy) is 1. The number of amides is 1. The van der Waals surface area contributed by atoms with Gasteiger partial charge in [0.25, 0.3) is 5.91 Å². The second-order valence-corrected chi connectivity index (χ2v) is 7.28. The highest BCUT2D eigenvalue weighted by molar-refractivity contribution is 8.01. The molecule has 0 atom stereocenters. The Labute approximate surface area is 154 Å². The third-order valence-electron chi connectivity index (χ3n) is 3.19. The number of hydrogen-bond acceptors (Lipinski definition) is 6. The van der Waals surface area contributed by atoms with Crippen molar-refractivity contribution >= 4 is 45.4 Å². The number of thioether (sulfide) groups is 1. The van der Waals surface area contributed by atoms with E-state index in [1.807, 2.05) is 55.5 Å². The first-order valence-corrected chi connectivity index (χ1v) is 9.58. The summed E-state index contributed by atoms with van der Waals surface area (Å²) in [4.78, 5) is 16.4. The molecular formula is C18H17N3O2S2. The van der Waals surface area contributed by atoms with Crippen LogP contribution in [0.2, 0.25) is 0 Å². The van der Waals surface area contributed by atoms with E-state index in [1.165, 1.54) is 11.8 Å². The van der Waals surface area contributed by atoms with E-state index in [0.29, 0.717) is 6.61 Å². The van der Waals surface area contributed by atoms with Crippen molar-refractivity contribution in [3.8, 4) is 5.75 Å². The molecule has 2 aromatic carbocycles. The maximum Gasteiger partial charge on any atom is 0.250 e. The second kappa shape index (κ2) is 8.64. The van der Waals surface area contributed by atoms with Crippen LogP contribution >= 0.6 is 23.1 Å². The van der Waals surface area contributed by atoms with Gasteiger partial charge in [-0.1, -0.05) is 23.9 Å². The van der Waals surface area contributed by atoms with E-state index in [4.69, 9.17) is 4.74 Å². The number of fused-ring (bicyclic) bond motifs is 1. The van der Waals surface area contributed by atoms with Crippen LogP contribution in [0.15, 0.2) is 58.0 Å². The predicted octanol–water partition coefficient (Wildman–Crippen LogP) is 3.94. The van der Waals surface area contributed by atoms with Gasteiger partial charge in [-0.15, -0.1) is 11.3 Å². The molecule has 3 aromatic rings. The van der Waals surface area contributed by atoms with Crippen molar-refractivity contribution in [1.29, 1.82) is 0 Å². The fraction of sp³-hybridized carbons (Fsp3) is 0.167. The first kappa shape index (κ1) is 17.4. The standard InChI is InChI=1S/C18H17N3O2S2/c1-2-23-14-9-7-13(8-10-14)11-19-21-17(22)12-24-18-20-15-5-3-4-6-16(15)25-18/h3-11H,2,12H2,1H3,(H,21,22)/b19-11+. The molecule has 0 aliphatic rings. The Morgan fingerprint density at radius 1 is 1.28 bits per heavy atom. The molecule has 0 spiro atoms. The molecule has 0 saturated carbocycles. The summed E-state index contributed by atoms with van der Waals surface area (Å²) in [5.74, 6) is 0.933. The Balaban J connectivity index is 1.47. The number of aromatic nitrogens is 1. The highest BCUT2D eigenvalue weighted by atomic mass is 32.2. The monoisotopic (exact) mass is 371 g/mol. The van der Waals surface area contributed by atoms with Gasteiger partial charge in [0.15, 0.2) is 4.34 Å². The normalized spacial score (nSPS) is 11.1. The zero-order valence-corrected chi connectivity index (χ0v) is 15.3. The minimum atomic E-state index is -0.161. The first-order chi connectivity index (χ1) is 12.2. The van der Waals surface area contributed by atoms with Gasteiger partial charge in [-0.2, -0.15) is 5.10 Å². The van der Waals surface area contributed by atoms with Crippen molar-refractivity contribution in [2.45, 2.75) is 11.3 Å². The van der Waals surface area contributed by atoms with Crippen LogP contribution in [0.1, 0.15) is 12.5 Å². The Morgan fingerprint density at radius 3 is 2.84 bits per heavy atom. The summed E-state index contributed by atoms with van der Waals surface area (Å²) in [5.41, 5.74) is 4.38. The Hall–Kier alpha value is -2.38. The SMILES string of the molecule is CCOc1ccc(/C=N/NC(=O)CSc2nc3ccccc3s2)cc1. The number of nitrogens with zero attached hydrogens (tertiary/aromatic N) is 2. The molecule has 5 nitrogen and oxygen atoms in total. The molecule has 1 aromatic heterocycles. The number of thiazole rings is 1. The minimum absolute atomic E-state index is 0.161. The van der Waals surface area contributed by atoms with E-state index in [-0.39, 0.29) is 11.7 Å². The van der Waals surface area contributed by atoms with Gasteiger partial charge in [-0.05, 0) is 48.9 Å². The summed E-state index contributed by atoms with van der Waals surface area (Å²) < 4.78 is 7.38. The van der Waals surface area contributed by atoms with Crippen molar-refractivity contribution in [3.63, 3.8) is 0 Å². The van der Waals surface area contributed by atoms with E-state index in [1.54, 1.807) is 17.6 Å². The lowest BCUT2D eigenvalue weighted by atomic mass is 10.2. The van der Waals surface area contributed by atoms with Crippen molar-refractivity contribution in [2.24, 2.45) is 5.10 Å². The van der Waals surface area contributed by atoms with Crippen LogP contribution in [0.3, 0.4) is 0 Å². The molecule has 0 radical (unpaired) electrons. The van der Waals surface area contributed by atoms with Crippen LogP contribution < -0.4 is 10.2 Å². The maximum absolute atomic E-state index is 11.9. The molecule has 0 aliphatic carbocycles. The summed E-state index contributed by atoms with van der Waals surface area (Å²) in [6, 6.07) is 15.4. The van der Waals surface area contributed by atoms with Gasteiger partial charge in [-0.25, -0.2) is 10.4 Å². The summed E-state index contributed by atoms with van der Waals surface area (Å²) in [6.45, 7) is 2.58. The molecule has 7 heteroatoms. The van der Waals surface area contributed by atoms with Crippen molar-refractivity contribution in [3.05, 3.63) is 54.1 Å². The minimum Gasteiger partial charge on any atom is -0.494 e. The molecule has 0 aliphatic heterocycles. The number of carbonyl (C=O) groups is 1. The molecule has 0 fully saturated rings. The molecule has 0 unspecified atom stereocenters. The third kappa shape index (κ3) is 5.04. The van der Waals surface area contributed by atoms with Gasteiger partial charge in [0.1, 0.15) is 5.75 Å². The van der Waals surface area contributed by atoms with E-state index in [2.05, 4.69) is 15.5 Å². The van der Waals surface area contributed by atoms with E-state index >= 15 is 0 Å². The van der Waals surface area contributed by atoms with Crippen LogP contribution in [0, 0.1) is 0 Å². The maximum atomic E-state index is 11.9. The predicted molar refractivity (Wildman–Crippen MR) is 104 cm³/mol. The van der Waals surface area contributed by atoms with Gasteiger partial charge in [-0.3, -0.25) is 4.79 Å². The van der Waals surface area contributed by atoms with E-state index in [0.717, 1.165) is 25.9 Å². The number of hydrazone groups is 1. The second-order valence-electron chi connectivity index (χ2n) is 5.03. The largest absolute Gasteiger partial charge is 0.494 e. The molecule has 1 heterocycles. The highest BCUT2D eigenvalue weighted by Crippen LogP contribution is 2.28. The summed E-state index contributed by atoms with van der Waals surface area (Å²) in [7, 11) is 0. The molecule has 0 bridgehead atoms. The fourth-order valence-corrected chi connectivity index (χ4v) is 3.93. The van der Waals surface area contributed by atoms with Crippen LogP contribution in [0.4, 0.5) is 0 Å². The molecule has 1 N–H and O–H groups in total. The topological polar surface area (TPSA) is 63.6 Å². The van der Waals surface area contributed by atoms with Crippen molar-refractivity contribution in [1.82, 2.24) is 10.4 Å². The lowest BCUT2D eigenvalue weighted by Gasteiger charge is -2.02. The van der Waals surface area contributed by atoms with Crippen LogP contribution in [-0.4, -0.2) is 29.5 Å². The van der Waals surface area contributed by atoms with Gasteiger partial charge in [0, 0.05) is 0 Å².